The number of nitrogens with one attached hydrogen (secondary N) is 1. The fourth-order valence-corrected chi connectivity index (χ4v) is 3.13. The molecule has 1 amide bonds. The molecule has 0 fully saturated rings. The second-order valence-corrected chi connectivity index (χ2v) is 6.28. The Morgan fingerprint density at radius 2 is 2.00 bits per heavy atom. The SMILES string of the molecule is O=C(CCCNc1ccc(F)cc1[N+](=O)[O-])N1CCc2ccccc2C1. The molecule has 1 aliphatic rings. The highest BCUT2D eigenvalue weighted by molar-refractivity contribution is 5.76. The molecule has 6 nitrogen and oxygen atoms in total. The Morgan fingerprint density at radius 3 is 2.77 bits per heavy atom. The summed E-state index contributed by atoms with van der Waals surface area (Å²) in [7, 11) is 0. The van der Waals surface area contributed by atoms with Gasteiger partial charge in [-0.05, 0) is 36.1 Å². The number of carbonyl (C=O) groups is 1. The van der Waals surface area contributed by atoms with E-state index in [0.29, 0.717) is 32.5 Å². The predicted octanol–water partition coefficient (Wildman–Crippen LogP) is 3.51. The lowest BCUT2D eigenvalue weighted by Gasteiger charge is -2.29. The number of amides is 1. The van der Waals surface area contributed by atoms with Crippen LogP contribution in [0, 0.1) is 15.9 Å². The average molecular weight is 357 g/mol. The van der Waals surface area contributed by atoms with Gasteiger partial charge in [0, 0.05) is 26.1 Å². The van der Waals surface area contributed by atoms with Gasteiger partial charge in [0.2, 0.25) is 5.91 Å². The lowest BCUT2D eigenvalue weighted by Crippen LogP contribution is -2.35. The first-order valence-corrected chi connectivity index (χ1v) is 8.57. The van der Waals surface area contributed by atoms with Gasteiger partial charge >= 0.3 is 0 Å². The van der Waals surface area contributed by atoms with E-state index < -0.39 is 10.7 Å². The van der Waals surface area contributed by atoms with E-state index in [1.807, 2.05) is 23.1 Å². The molecule has 7 heteroatoms. The van der Waals surface area contributed by atoms with Crippen molar-refractivity contribution in [1.29, 1.82) is 0 Å². The van der Waals surface area contributed by atoms with Crippen LogP contribution in [0.1, 0.15) is 24.0 Å². The summed E-state index contributed by atoms with van der Waals surface area (Å²) in [6.45, 7) is 1.75. The van der Waals surface area contributed by atoms with Gasteiger partial charge in [0.15, 0.2) is 0 Å². The quantitative estimate of drug-likeness (QED) is 0.488. The average Bonchev–Trinajstić information content (AvgIpc) is 2.65. The molecule has 0 unspecified atom stereocenters. The highest BCUT2D eigenvalue weighted by Gasteiger charge is 2.20. The molecule has 0 aliphatic carbocycles. The van der Waals surface area contributed by atoms with Crippen molar-refractivity contribution in [3.63, 3.8) is 0 Å². The Balaban J connectivity index is 1.49. The van der Waals surface area contributed by atoms with Crippen molar-refractivity contribution in [2.45, 2.75) is 25.8 Å². The fraction of sp³-hybridized carbons (Fsp3) is 0.316. The largest absolute Gasteiger partial charge is 0.379 e. The highest BCUT2D eigenvalue weighted by atomic mass is 19.1. The van der Waals surface area contributed by atoms with Crippen molar-refractivity contribution in [2.24, 2.45) is 0 Å². The zero-order valence-corrected chi connectivity index (χ0v) is 14.3. The minimum Gasteiger partial charge on any atom is -0.379 e. The number of fused-ring (bicyclic) bond motifs is 1. The van der Waals surface area contributed by atoms with Gasteiger partial charge in [-0.15, -0.1) is 0 Å². The van der Waals surface area contributed by atoms with E-state index >= 15 is 0 Å². The van der Waals surface area contributed by atoms with Crippen LogP contribution in [0.3, 0.4) is 0 Å². The number of rotatable bonds is 6. The molecule has 0 saturated heterocycles. The third-order valence-corrected chi connectivity index (χ3v) is 4.52. The third-order valence-electron chi connectivity index (χ3n) is 4.52. The van der Waals surface area contributed by atoms with Crippen molar-refractivity contribution < 1.29 is 14.1 Å². The van der Waals surface area contributed by atoms with E-state index in [4.69, 9.17) is 0 Å². The van der Waals surface area contributed by atoms with Crippen molar-refractivity contribution >= 4 is 17.3 Å². The van der Waals surface area contributed by atoms with Crippen LogP contribution in [0.2, 0.25) is 0 Å². The number of hydrogen-bond donors (Lipinski definition) is 1. The minimum atomic E-state index is -0.650. The van der Waals surface area contributed by atoms with Crippen molar-refractivity contribution in [3.05, 3.63) is 69.5 Å². The zero-order chi connectivity index (χ0) is 18.5. The molecule has 2 aromatic rings. The van der Waals surface area contributed by atoms with Gasteiger partial charge in [-0.1, -0.05) is 24.3 Å². The normalized spacial score (nSPS) is 13.2. The first kappa shape index (κ1) is 17.8. The van der Waals surface area contributed by atoms with Crippen LogP contribution in [0.4, 0.5) is 15.8 Å². The Bertz CT molecular complexity index is 825. The van der Waals surface area contributed by atoms with E-state index in [0.717, 1.165) is 12.5 Å². The van der Waals surface area contributed by atoms with Gasteiger partial charge in [-0.25, -0.2) is 4.39 Å². The second kappa shape index (κ2) is 7.95. The summed E-state index contributed by atoms with van der Waals surface area (Å²) in [6.07, 6.45) is 1.78. The lowest BCUT2D eigenvalue weighted by molar-refractivity contribution is -0.384. The molecule has 1 aliphatic heterocycles. The summed E-state index contributed by atoms with van der Waals surface area (Å²) in [5.41, 5.74) is 2.44. The number of nitrogens with zero attached hydrogens (tertiary/aromatic N) is 2. The topological polar surface area (TPSA) is 75.5 Å². The molecule has 26 heavy (non-hydrogen) atoms. The van der Waals surface area contributed by atoms with E-state index in [9.17, 15) is 19.3 Å². The molecule has 0 bridgehead atoms. The van der Waals surface area contributed by atoms with Crippen LogP contribution in [-0.2, 0) is 17.8 Å². The molecule has 3 rings (SSSR count). The molecule has 0 atom stereocenters. The van der Waals surface area contributed by atoms with Crippen molar-refractivity contribution in [2.75, 3.05) is 18.4 Å². The number of halogens is 1. The molecular weight excluding hydrogens is 337 g/mol. The van der Waals surface area contributed by atoms with Crippen molar-refractivity contribution in [1.82, 2.24) is 4.90 Å². The second-order valence-electron chi connectivity index (χ2n) is 6.28. The molecule has 0 saturated carbocycles. The van der Waals surface area contributed by atoms with Crippen LogP contribution in [0.5, 0.6) is 0 Å². The summed E-state index contributed by atoms with van der Waals surface area (Å²) in [5.74, 6) is -0.572. The minimum absolute atomic E-state index is 0.0786. The summed E-state index contributed by atoms with van der Waals surface area (Å²) in [5, 5.41) is 13.9. The number of hydrogen-bond acceptors (Lipinski definition) is 4. The van der Waals surface area contributed by atoms with Gasteiger partial charge in [0.05, 0.1) is 11.0 Å². The summed E-state index contributed by atoms with van der Waals surface area (Å²) >= 11 is 0. The number of nitro groups is 1. The maximum Gasteiger partial charge on any atom is 0.295 e. The molecular formula is C19H20FN3O3. The third kappa shape index (κ3) is 4.17. The van der Waals surface area contributed by atoms with E-state index in [1.165, 1.54) is 23.3 Å². The van der Waals surface area contributed by atoms with Crippen LogP contribution in [-0.4, -0.2) is 28.8 Å². The Hall–Kier alpha value is -2.96. The Labute approximate surface area is 150 Å². The molecule has 0 spiro atoms. The van der Waals surface area contributed by atoms with Gasteiger partial charge in [-0.2, -0.15) is 0 Å². The number of nitro benzene ring substituents is 1. The molecule has 1 N–H and O–H groups in total. The Kier molecular flexibility index (Phi) is 5.46. The monoisotopic (exact) mass is 357 g/mol. The fourth-order valence-electron chi connectivity index (χ4n) is 3.13. The van der Waals surface area contributed by atoms with Gasteiger partial charge < -0.3 is 10.2 Å². The van der Waals surface area contributed by atoms with Gasteiger partial charge in [0.25, 0.3) is 5.69 Å². The predicted molar refractivity (Wildman–Crippen MR) is 96.3 cm³/mol. The molecule has 0 radical (unpaired) electrons. The van der Waals surface area contributed by atoms with Gasteiger partial charge in [-0.3, -0.25) is 14.9 Å². The summed E-state index contributed by atoms with van der Waals surface area (Å²) in [6, 6.07) is 11.5. The standard InChI is InChI=1S/C19H20FN3O3/c20-16-7-8-17(18(12-16)23(25)26)21-10-3-6-19(24)22-11-9-14-4-1-2-5-15(14)13-22/h1-2,4-5,7-8,12,21H,3,6,9-11,13H2. The van der Waals surface area contributed by atoms with E-state index in [2.05, 4.69) is 11.4 Å². The molecule has 136 valence electrons. The molecule has 1 heterocycles. The highest BCUT2D eigenvalue weighted by Crippen LogP contribution is 2.25. The Morgan fingerprint density at radius 1 is 1.23 bits per heavy atom. The zero-order valence-electron chi connectivity index (χ0n) is 14.3. The maximum atomic E-state index is 13.1. The van der Waals surface area contributed by atoms with E-state index in [-0.39, 0.29) is 17.3 Å². The van der Waals surface area contributed by atoms with E-state index in [1.54, 1.807) is 0 Å². The smallest absolute Gasteiger partial charge is 0.295 e. The summed E-state index contributed by atoms with van der Waals surface area (Å²) in [4.78, 5) is 24.6. The lowest BCUT2D eigenvalue weighted by atomic mass is 9.99. The number of carbonyl (C=O) groups excluding carboxylic acids is 1. The van der Waals surface area contributed by atoms with Crippen LogP contribution in [0.15, 0.2) is 42.5 Å². The van der Waals surface area contributed by atoms with Crippen molar-refractivity contribution in [3.8, 4) is 0 Å². The number of anilines is 1. The first-order valence-electron chi connectivity index (χ1n) is 8.57. The van der Waals surface area contributed by atoms with Crippen LogP contribution >= 0.6 is 0 Å². The first-order chi connectivity index (χ1) is 12.5. The van der Waals surface area contributed by atoms with Gasteiger partial charge in [0.1, 0.15) is 11.5 Å². The molecule has 0 aromatic heterocycles. The molecule has 2 aromatic carbocycles. The van der Waals surface area contributed by atoms with Crippen LogP contribution in [0.25, 0.3) is 0 Å². The van der Waals surface area contributed by atoms with Crippen LogP contribution < -0.4 is 5.32 Å². The maximum absolute atomic E-state index is 13.1. The number of benzene rings is 2. The summed E-state index contributed by atoms with van der Waals surface area (Å²) < 4.78 is 13.1.